The molecular formula is C21H20O4. The summed E-state index contributed by atoms with van der Waals surface area (Å²) in [5.41, 5.74) is 1.05. The molecule has 0 N–H and O–H groups in total. The second kappa shape index (κ2) is 6.93. The van der Waals surface area contributed by atoms with Crippen LogP contribution in [0, 0.1) is 5.41 Å². The molecule has 0 spiro atoms. The van der Waals surface area contributed by atoms with Crippen LogP contribution in [0.4, 0.5) is 0 Å². The summed E-state index contributed by atoms with van der Waals surface area (Å²) in [5.74, 6) is -1.25. The molecule has 1 atom stereocenters. The van der Waals surface area contributed by atoms with Crippen LogP contribution in [-0.4, -0.2) is 26.2 Å². The monoisotopic (exact) mass is 336 g/mol. The van der Waals surface area contributed by atoms with Crippen LogP contribution >= 0.6 is 0 Å². The lowest BCUT2D eigenvalue weighted by Crippen LogP contribution is -2.41. The average Bonchev–Trinajstić information content (AvgIpc) is 3.10. The molecule has 0 aromatic heterocycles. The first-order valence-electron chi connectivity index (χ1n) is 8.13. The van der Waals surface area contributed by atoms with Crippen LogP contribution in [0.2, 0.25) is 0 Å². The molecule has 0 bridgehead atoms. The van der Waals surface area contributed by atoms with Crippen molar-refractivity contribution in [1.29, 1.82) is 0 Å². The molecule has 1 aliphatic carbocycles. The number of benzene rings is 2. The number of hydrogen-bond donors (Lipinski definition) is 0. The van der Waals surface area contributed by atoms with Crippen LogP contribution in [0.25, 0.3) is 5.57 Å². The van der Waals surface area contributed by atoms with Gasteiger partial charge in [-0.25, -0.2) is 0 Å². The van der Waals surface area contributed by atoms with E-state index < -0.39 is 17.4 Å². The summed E-state index contributed by atoms with van der Waals surface area (Å²) in [6.45, 7) is 0. The van der Waals surface area contributed by atoms with Crippen molar-refractivity contribution in [2.75, 3.05) is 14.2 Å². The summed E-state index contributed by atoms with van der Waals surface area (Å²) in [6.07, 6.45) is 2.28. The van der Waals surface area contributed by atoms with Gasteiger partial charge in [-0.15, -0.1) is 0 Å². The Kier molecular flexibility index (Phi) is 4.70. The van der Waals surface area contributed by atoms with Crippen LogP contribution in [0.5, 0.6) is 0 Å². The van der Waals surface area contributed by atoms with Crippen LogP contribution in [0.15, 0.2) is 66.7 Å². The standard InChI is InChI=1S/C21H20O4/c1-24-19(22)21(20(23)25-2)14-17(15-9-5-3-6-10-15)13-18(21)16-11-7-4-8-12-16/h3-13,17H,14H2,1-2H3. The Morgan fingerprint density at radius 2 is 1.40 bits per heavy atom. The maximum absolute atomic E-state index is 12.7. The third-order valence-corrected chi connectivity index (χ3v) is 4.73. The van der Waals surface area contributed by atoms with Crippen LogP contribution < -0.4 is 0 Å². The smallest absolute Gasteiger partial charge is 0.327 e. The zero-order chi connectivity index (χ0) is 17.9. The number of ether oxygens (including phenoxy) is 2. The van der Waals surface area contributed by atoms with E-state index in [0.717, 1.165) is 11.1 Å². The molecule has 0 fully saturated rings. The van der Waals surface area contributed by atoms with E-state index in [-0.39, 0.29) is 5.92 Å². The summed E-state index contributed by atoms with van der Waals surface area (Å²) < 4.78 is 10.0. The first kappa shape index (κ1) is 17.0. The highest BCUT2D eigenvalue weighted by atomic mass is 16.5. The van der Waals surface area contributed by atoms with E-state index in [1.807, 2.05) is 66.7 Å². The average molecular weight is 336 g/mol. The number of carbonyl (C=O) groups excluding carboxylic acids is 2. The number of rotatable bonds is 4. The van der Waals surface area contributed by atoms with Gasteiger partial charge in [-0.3, -0.25) is 9.59 Å². The maximum Gasteiger partial charge on any atom is 0.327 e. The molecule has 0 radical (unpaired) electrons. The Balaban J connectivity index is 2.17. The van der Waals surface area contributed by atoms with Gasteiger partial charge in [-0.1, -0.05) is 66.7 Å². The Bertz CT molecular complexity index is 777. The molecule has 25 heavy (non-hydrogen) atoms. The summed E-state index contributed by atoms with van der Waals surface area (Å²) >= 11 is 0. The molecule has 0 amide bonds. The van der Waals surface area contributed by atoms with Crippen LogP contribution in [0.3, 0.4) is 0 Å². The molecule has 4 nitrogen and oxygen atoms in total. The first-order valence-corrected chi connectivity index (χ1v) is 8.13. The van der Waals surface area contributed by atoms with E-state index in [2.05, 4.69) is 0 Å². The zero-order valence-electron chi connectivity index (χ0n) is 14.3. The molecule has 0 saturated heterocycles. The zero-order valence-corrected chi connectivity index (χ0v) is 14.3. The largest absolute Gasteiger partial charge is 0.468 e. The van der Waals surface area contributed by atoms with Crippen molar-refractivity contribution in [2.45, 2.75) is 12.3 Å². The number of methoxy groups -OCH3 is 2. The van der Waals surface area contributed by atoms with Gasteiger partial charge in [-0.2, -0.15) is 0 Å². The van der Waals surface area contributed by atoms with Crippen molar-refractivity contribution in [2.24, 2.45) is 5.41 Å². The van der Waals surface area contributed by atoms with E-state index >= 15 is 0 Å². The Morgan fingerprint density at radius 3 is 1.92 bits per heavy atom. The lowest BCUT2D eigenvalue weighted by molar-refractivity contribution is -0.164. The normalized spacial score (nSPS) is 18.3. The van der Waals surface area contributed by atoms with Gasteiger partial charge in [0.15, 0.2) is 5.41 Å². The fraction of sp³-hybridized carbons (Fsp3) is 0.238. The van der Waals surface area contributed by atoms with E-state index in [1.165, 1.54) is 14.2 Å². The highest BCUT2D eigenvalue weighted by molar-refractivity contribution is 6.13. The fourth-order valence-electron chi connectivity index (χ4n) is 3.54. The molecule has 4 heteroatoms. The Hall–Kier alpha value is -2.88. The molecule has 2 aromatic rings. The summed E-state index contributed by atoms with van der Waals surface area (Å²) in [7, 11) is 2.59. The minimum atomic E-state index is -1.45. The van der Waals surface area contributed by atoms with Crippen LogP contribution in [0.1, 0.15) is 23.5 Å². The minimum absolute atomic E-state index is 0.0744. The van der Waals surface area contributed by atoms with Crippen molar-refractivity contribution >= 4 is 17.5 Å². The predicted octanol–water partition coefficient (Wildman–Crippen LogP) is 3.59. The van der Waals surface area contributed by atoms with Crippen molar-refractivity contribution in [3.63, 3.8) is 0 Å². The third kappa shape index (κ3) is 2.84. The highest BCUT2D eigenvalue weighted by Gasteiger charge is 2.56. The van der Waals surface area contributed by atoms with Gasteiger partial charge >= 0.3 is 11.9 Å². The SMILES string of the molecule is COC(=O)C1(C(=O)OC)CC(c2ccccc2)C=C1c1ccccc1. The first-order chi connectivity index (χ1) is 12.1. The van der Waals surface area contributed by atoms with Crippen LogP contribution in [-0.2, 0) is 19.1 Å². The number of carbonyl (C=O) groups is 2. The van der Waals surface area contributed by atoms with Gasteiger partial charge < -0.3 is 9.47 Å². The predicted molar refractivity (Wildman–Crippen MR) is 94.7 cm³/mol. The van der Waals surface area contributed by atoms with E-state index in [4.69, 9.17) is 9.47 Å². The summed E-state index contributed by atoms with van der Waals surface area (Å²) in [6, 6.07) is 19.3. The van der Waals surface area contributed by atoms with Gasteiger partial charge in [-0.05, 0) is 23.1 Å². The minimum Gasteiger partial charge on any atom is -0.468 e. The molecule has 1 unspecified atom stereocenters. The topological polar surface area (TPSA) is 52.6 Å². The molecule has 2 aromatic carbocycles. The lowest BCUT2D eigenvalue weighted by atomic mass is 9.76. The van der Waals surface area contributed by atoms with E-state index in [1.54, 1.807) is 0 Å². The molecule has 128 valence electrons. The van der Waals surface area contributed by atoms with Crippen molar-refractivity contribution in [3.05, 3.63) is 77.9 Å². The molecular weight excluding hydrogens is 316 g/mol. The lowest BCUT2D eigenvalue weighted by Gasteiger charge is -2.27. The van der Waals surface area contributed by atoms with Crippen molar-refractivity contribution in [3.8, 4) is 0 Å². The second-order valence-corrected chi connectivity index (χ2v) is 6.06. The van der Waals surface area contributed by atoms with Crippen molar-refractivity contribution in [1.82, 2.24) is 0 Å². The maximum atomic E-state index is 12.7. The van der Waals surface area contributed by atoms with Gasteiger partial charge in [0.25, 0.3) is 0 Å². The molecule has 1 aliphatic rings. The third-order valence-electron chi connectivity index (χ3n) is 4.73. The molecule has 0 heterocycles. The number of esters is 2. The summed E-state index contributed by atoms with van der Waals surface area (Å²) in [4.78, 5) is 25.5. The number of allylic oxidation sites excluding steroid dienone is 1. The van der Waals surface area contributed by atoms with Gasteiger partial charge in [0.05, 0.1) is 14.2 Å². The Labute approximate surface area is 147 Å². The second-order valence-electron chi connectivity index (χ2n) is 6.06. The fourth-order valence-corrected chi connectivity index (χ4v) is 3.54. The molecule has 0 aliphatic heterocycles. The van der Waals surface area contributed by atoms with Gasteiger partial charge in [0.1, 0.15) is 0 Å². The molecule has 0 saturated carbocycles. The molecule has 3 rings (SSSR count). The Morgan fingerprint density at radius 1 is 0.880 bits per heavy atom. The van der Waals surface area contributed by atoms with Gasteiger partial charge in [0.2, 0.25) is 0 Å². The summed E-state index contributed by atoms with van der Waals surface area (Å²) in [5, 5.41) is 0. The highest BCUT2D eigenvalue weighted by Crippen LogP contribution is 2.52. The van der Waals surface area contributed by atoms with Crippen molar-refractivity contribution < 1.29 is 19.1 Å². The van der Waals surface area contributed by atoms with Gasteiger partial charge in [0, 0.05) is 5.92 Å². The number of hydrogen-bond acceptors (Lipinski definition) is 4. The van der Waals surface area contributed by atoms with E-state index in [9.17, 15) is 9.59 Å². The van der Waals surface area contributed by atoms with E-state index in [0.29, 0.717) is 12.0 Å². The quantitative estimate of drug-likeness (QED) is 0.632.